The first kappa shape index (κ1) is 7.69. The quantitative estimate of drug-likeness (QED) is 0.314. The van der Waals surface area contributed by atoms with E-state index in [4.69, 9.17) is 26.7 Å². The lowest BCUT2D eigenvalue weighted by Crippen LogP contribution is -1.94. The van der Waals surface area contributed by atoms with Crippen molar-refractivity contribution in [3.8, 4) is 16.8 Å². The van der Waals surface area contributed by atoms with Crippen molar-refractivity contribution in [2.45, 2.75) is 0 Å². The van der Waals surface area contributed by atoms with Gasteiger partial charge in [0.2, 0.25) is 0 Å². The minimum absolute atomic E-state index is 0.0736. The molecule has 0 unspecified atom stereocenters. The Labute approximate surface area is 172 Å². The van der Waals surface area contributed by atoms with Crippen LogP contribution in [0.4, 0.5) is 0 Å². The summed E-state index contributed by atoms with van der Waals surface area (Å²) in [7, 11) is 0. The molecule has 0 atom stereocenters. The van der Waals surface area contributed by atoms with Crippen LogP contribution in [0.5, 0.6) is 0 Å². The molecular formula is C24H16ClN. The van der Waals surface area contributed by atoms with E-state index in [1.165, 1.54) is 34.9 Å². The van der Waals surface area contributed by atoms with E-state index in [9.17, 15) is 0 Å². The smallest absolute Gasteiger partial charge is 0.0645 e. The fourth-order valence-electron chi connectivity index (χ4n) is 3.01. The molecule has 2 heteroatoms. The van der Waals surface area contributed by atoms with Gasteiger partial charge in [0.1, 0.15) is 0 Å². The van der Waals surface area contributed by atoms with Crippen molar-refractivity contribution in [3.05, 3.63) is 102 Å². The molecule has 5 rings (SSSR count). The van der Waals surface area contributed by atoms with Gasteiger partial charge >= 0.3 is 0 Å². The molecule has 1 aromatic heterocycles. The maximum absolute atomic E-state index is 8.58. The highest BCUT2D eigenvalue weighted by atomic mass is 35.5. The molecule has 0 radical (unpaired) electrons. The van der Waals surface area contributed by atoms with Crippen molar-refractivity contribution in [1.82, 2.24) is 4.57 Å². The number of hydrogen-bond donors (Lipinski definition) is 0. The van der Waals surface area contributed by atoms with Gasteiger partial charge < -0.3 is 4.57 Å². The van der Waals surface area contributed by atoms with E-state index in [0.717, 1.165) is 0 Å². The lowest BCUT2D eigenvalue weighted by molar-refractivity contribution is 1.18. The SMILES string of the molecule is [2H]c1cc([2H])c2c(c1[2H])c1c([2H])c([2H])cc([2H])c1n2-c1cc(Cl)cc(-c2c([2H])c([2H])c([2H])c([2H])c2[2H])c1. The van der Waals surface area contributed by atoms with Gasteiger partial charge in [-0.3, -0.25) is 0 Å². The Morgan fingerprint density at radius 2 is 1.31 bits per heavy atom. The number of fused-ring (bicyclic) bond motifs is 3. The Morgan fingerprint density at radius 3 is 1.96 bits per heavy atom. The second kappa shape index (κ2) is 6.05. The number of nitrogens with zero attached hydrogens (tertiary/aromatic N) is 1. The zero-order valence-electron chi connectivity index (χ0n) is 24.2. The van der Waals surface area contributed by atoms with E-state index in [1.807, 2.05) is 0 Å². The lowest BCUT2D eigenvalue weighted by atomic mass is 10.1. The first-order chi connectivity index (χ1) is 17.3. The molecule has 0 aliphatic heterocycles. The average Bonchev–Trinajstić information content (AvgIpc) is 3.21. The highest BCUT2D eigenvalue weighted by molar-refractivity contribution is 6.31. The van der Waals surface area contributed by atoms with E-state index < -0.39 is 30.2 Å². The van der Waals surface area contributed by atoms with Crippen LogP contribution in [0.2, 0.25) is 5.02 Å². The summed E-state index contributed by atoms with van der Waals surface area (Å²) in [6, 6.07) is 3.04. The molecule has 0 N–H and O–H groups in total. The van der Waals surface area contributed by atoms with Gasteiger partial charge in [0.05, 0.1) is 26.1 Å². The fourth-order valence-corrected chi connectivity index (χ4v) is 3.24. The fraction of sp³-hybridized carbons (Fsp3) is 0. The summed E-state index contributed by atoms with van der Waals surface area (Å²) in [5.74, 6) is 0. The molecule has 4 aromatic carbocycles. The largest absolute Gasteiger partial charge is 0.309 e. The summed E-state index contributed by atoms with van der Waals surface area (Å²) in [6.07, 6.45) is 0. The predicted octanol–water partition coefficient (Wildman–Crippen LogP) is 7.10. The molecular weight excluding hydrogens is 338 g/mol. The Morgan fingerprint density at radius 1 is 0.654 bits per heavy atom. The molecule has 0 amide bonds. The van der Waals surface area contributed by atoms with Crippen LogP contribution >= 0.6 is 11.6 Å². The van der Waals surface area contributed by atoms with Crippen molar-refractivity contribution in [2.75, 3.05) is 0 Å². The maximum atomic E-state index is 8.58. The zero-order valence-corrected chi connectivity index (χ0v) is 14.0. The van der Waals surface area contributed by atoms with E-state index >= 15 is 0 Å². The molecule has 0 bridgehead atoms. The van der Waals surface area contributed by atoms with Gasteiger partial charge in [-0.1, -0.05) is 78.1 Å². The molecule has 0 saturated carbocycles. The third kappa shape index (κ3) is 2.40. The van der Waals surface area contributed by atoms with Gasteiger partial charge in [-0.05, 0) is 41.4 Å². The summed E-state index contributed by atoms with van der Waals surface area (Å²) in [5, 5.41) is 0.285. The third-order valence-corrected chi connectivity index (χ3v) is 4.27. The highest BCUT2D eigenvalue weighted by Gasteiger charge is 2.12. The number of aromatic nitrogens is 1. The van der Waals surface area contributed by atoms with Crippen molar-refractivity contribution in [2.24, 2.45) is 0 Å². The second-order valence-corrected chi connectivity index (χ2v) is 6.03. The van der Waals surface area contributed by atoms with Crippen LogP contribution in [0.1, 0.15) is 15.1 Å². The second-order valence-electron chi connectivity index (χ2n) is 5.60. The standard InChI is InChI=1S/C24H16ClN/c25-19-14-18(17-8-2-1-3-9-17)15-20(16-19)26-23-12-6-4-10-21(23)22-11-5-7-13-24(22)26/h1-16H/i1D,2D,3D,4D,5D,8D,9D,10D,11D,12D,13D. The van der Waals surface area contributed by atoms with Crippen LogP contribution in [-0.4, -0.2) is 4.57 Å². The summed E-state index contributed by atoms with van der Waals surface area (Å²) in [4.78, 5) is 0. The molecule has 26 heavy (non-hydrogen) atoms. The van der Waals surface area contributed by atoms with Crippen molar-refractivity contribution < 1.29 is 15.1 Å². The van der Waals surface area contributed by atoms with Crippen LogP contribution in [0, 0.1) is 0 Å². The van der Waals surface area contributed by atoms with E-state index in [1.54, 1.807) is 0 Å². The molecule has 124 valence electrons. The Kier molecular flexibility index (Phi) is 1.79. The van der Waals surface area contributed by atoms with E-state index in [0.29, 0.717) is 0 Å². The monoisotopic (exact) mass is 364 g/mol. The molecule has 0 saturated heterocycles. The molecule has 5 aromatic rings. The van der Waals surface area contributed by atoms with Gasteiger partial charge in [0.15, 0.2) is 0 Å². The minimum atomic E-state index is -0.538. The van der Waals surface area contributed by atoms with Gasteiger partial charge in [0.25, 0.3) is 0 Å². The Bertz CT molecular complexity index is 1710. The number of rotatable bonds is 2. The predicted molar refractivity (Wildman–Crippen MR) is 111 cm³/mol. The summed E-state index contributed by atoms with van der Waals surface area (Å²) < 4.78 is 92.4. The van der Waals surface area contributed by atoms with Crippen LogP contribution < -0.4 is 0 Å². The highest BCUT2D eigenvalue weighted by Crippen LogP contribution is 2.34. The summed E-state index contributed by atoms with van der Waals surface area (Å²) in [6.45, 7) is 0. The number of hydrogen-bond acceptors (Lipinski definition) is 0. The summed E-state index contributed by atoms with van der Waals surface area (Å²) >= 11 is 6.43. The summed E-state index contributed by atoms with van der Waals surface area (Å²) in [5.41, 5.74) is 0.609. The van der Waals surface area contributed by atoms with Crippen molar-refractivity contribution in [3.63, 3.8) is 0 Å². The number of benzene rings is 4. The van der Waals surface area contributed by atoms with Gasteiger partial charge in [-0.2, -0.15) is 0 Å². The Hall–Kier alpha value is -3.03. The van der Waals surface area contributed by atoms with Crippen molar-refractivity contribution in [1.29, 1.82) is 0 Å². The maximum Gasteiger partial charge on any atom is 0.0645 e. The molecule has 0 fully saturated rings. The first-order valence-corrected chi connectivity index (χ1v) is 8.12. The zero-order chi connectivity index (χ0) is 27.1. The first-order valence-electron chi connectivity index (χ1n) is 13.2. The molecule has 1 nitrogen and oxygen atoms in total. The van der Waals surface area contributed by atoms with Gasteiger partial charge in [-0.25, -0.2) is 0 Å². The average molecular weight is 365 g/mol. The molecule has 0 aliphatic rings. The van der Waals surface area contributed by atoms with Crippen LogP contribution in [0.15, 0.2) is 96.8 Å². The lowest BCUT2D eigenvalue weighted by Gasteiger charge is -2.11. The Balaban J connectivity index is 1.98. The topological polar surface area (TPSA) is 4.93 Å². The normalized spacial score (nSPS) is 17.2. The van der Waals surface area contributed by atoms with Gasteiger partial charge in [-0.15, -0.1) is 0 Å². The van der Waals surface area contributed by atoms with Crippen LogP contribution in [0.25, 0.3) is 38.6 Å². The number of halogens is 1. The van der Waals surface area contributed by atoms with Crippen LogP contribution in [0.3, 0.4) is 0 Å². The van der Waals surface area contributed by atoms with Crippen molar-refractivity contribution >= 4 is 33.4 Å². The number of para-hydroxylation sites is 2. The minimum Gasteiger partial charge on any atom is -0.309 e. The van der Waals surface area contributed by atoms with E-state index in [2.05, 4.69) is 0 Å². The third-order valence-electron chi connectivity index (χ3n) is 4.06. The molecule has 0 spiro atoms. The molecule has 1 heterocycles. The van der Waals surface area contributed by atoms with Gasteiger partial charge in [0, 0.05) is 21.5 Å². The molecule has 0 aliphatic carbocycles. The van der Waals surface area contributed by atoms with E-state index in [-0.39, 0.29) is 79.9 Å². The van der Waals surface area contributed by atoms with Crippen LogP contribution in [-0.2, 0) is 0 Å².